The third-order valence-corrected chi connectivity index (χ3v) is 4.79. The van der Waals surface area contributed by atoms with E-state index in [0.717, 1.165) is 30.0 Å². The van der Waals surface area contributed by atoms with Gasteiger partial charge >= 0.3 is 5.69 Å². The highest BCUT2D eigenvalue weighted by molar-refractivity contribution is 5.74. The fourth-order valence-corrected chi connectivity index (χ4v) is 3.44. The van der Waals surface area contributed by atoms with Gasteiger partial charge in [-0.25, -0.2) is 4.79 Å². The molecule has 1 unspecified atom stereocenters. The van der Waals surface area contributed by atoms with Crippen LogP contribution in [0.4, 0.5) is 5.95 Å². The maximum absolute atomic E-state index is 12.7. The van der Waals surface area contributed by atoms with E-state index in [2.05, 4.69) is 16.8 Å². The number of rotatable bonds is 4. The number of piperidine rings is 1. The number of hydrogen-bond acceptors (Lipinski definition) is 5. The molecule has 1 aliphatic rings. The normalized spacial score (nSPS) is 18.5. The molecule has 0 aromatic carbocycles. The molecule has 0 aliphatic carbocycles. The Hall–Kier alpha value is -2.09. The number of nitrogens with zero attached hydrogens (tertiary/aromatic N) is 5. The zero-order valence-electron chi connectivity index (χ0n) is 14.8. The molecule has 0 amide bonds. The lowest BCUT2D eigenvalue weighted by Crippen LogP contribution is -2.38. The summed E-state index contributed by atoms with van der Waals surface area (Å²) in [5, 5.41) is 0. The van der Waals surface area contributed by atoms with Crippen molar-refractivity contribution in [3.05, 3.63) is 20.8 Å². The number of aryl methyl sites for hydroxylation is 1. The van der Waals surface area contributed by atoms with E-state index in [-0.39, 0.29) is 11.2 Å². The van der Waals surface area contributed by atoms with Crippen molar-refractivity contribution >= 4 is 17.1 Å². The van der Waals surface area contributed by atoms with Crippen molar-refractivity contribution < 1.29 is 4.74 Å². The molecular weight excluding hydrogens is 310 g/mol. The molecule has 3 rings (SSSR count). The number of aromatic nitrogens is 4. The molecule has 8 heteroatoms. The molecule has 0 radical (unpaired) electrons. The minimum atomic E-state index is -0.359. The van der Waals surface area contributed by atoms with E-state index in [1.807, 2.05) is 4.57 Å². The van der Waals surface area contributed by atoms with Gasteiger partial charge in [0.1, 0.15) is 0 Å². The first-order valence-corrected chi connectivity index (χ1v) is 8.35. The Morgan fingerprint density at radius 2 is 2.00 bits per heavy atom. The maximum atomic E-state index is 12.7. The van der Waals surface area contributed by atoms with Gasteiger partial charge in [-0.05, 0) is 18.8 Å². The minimum absolute atomic E-state index is 0.312. The minimum Gasteiger partial charge on any atom is -0.383 e. The smallest absolute Gasteiger partial charge is 0.332 e. The molecule has 8 nitrogen and oxygen atoms in total. The van der Waals surface area contributed by atoms with Gasteiger partial charge in [0.25, 0.3) is 5.56 Å². The molecule has 132 valence electrons. The van der Waals surface area contributed by atoms with Crippen LogP contribution >= 0.6 is 0 Å². The van der Waals surface area contributed by atoms with Gasteiger partial charge in [-0.2, -0.15) is 4.98 Å². The average molecular weight is 335 g/mol. The molecule has 3 heterocycles. The summed E-state index contributed by atoms with van der Waals surface area (Å²) in [6.07, 6.45) is 2.31. The van der Waals surface area contributed by atoms with Gasteiger partial charge in [-0.15, -0.1) is 0 Å². The predicted octanol–water partition coefficient (Wildman–Crippen LogP) is 0.316. The fraction of sp³-hybridized carbons (Fsp3) is 0.688. The molecule has 0 saturated carbocycles. The van der Waals surface area contributed by atoms with Crippen molar-refractivity contribution in [2.45, 2.75) is 26.3 Å². The Balaban J connectivity index is 2.24. The molecule has 0 spiro atoms. The number of fused-ring (bicyclic) bond motifs is 1. The Bertz CT molecular complexity index is 863. The van der Waals surface area contributed by atoms with E-state index < -0.39 is 0 Å². The Morgan fingerprint density at radius 3 is 2.67 bits per heavy atom. The van der Waals surface area contributed by atoms with Crippen LogP contribution in [0.5, 0.6) is 0 Å². The van der Waals surface area contributed by atoms with Crippen molar-refractivity contribution in [1.82, 2.24) is 18.7 Å². The lowest BCUT2D eigenvalue weighted by Gasteiger charge is -2.32. The quantitative estimate of drug-likeness (QED) is 0.804. The summed E-state index contributed by atoms with van der Waals surface area (Å²) in [5.41, 5.74) is 0.229. The van der Waals surface area contributed by atoms with E-state index in [4.69, 9.17) is 4.74 Å². The first kappa shape index (κ1) is 16.8. The highest BCUT2D eigenvalue weighted by Gasteiger charge is 2.25. The molecule has 0 bridgehead atoms. The molecule has 24 heavy (non-hydrogen) atoms. The van der Waals surface area contributed by atoms with Gasteiger partial charge in [0.2, 0.25) is 5.95 Å². The second-order valence-corrected chi connectivity index (χ2v) is 6.63. The van der Waals surface area contributed by atoms with Crippen LogP contribution in [0.1, 0.15) is 19.8 Å². The van der Waals surface area contributed by atoms with Crippen LogP contribution in [0.15, 0.2) is 9.59 Å². The summed E-state index contributed by atoms with van der Waals surface area (Å²) in [6.45, 7) is 5.05. The summed E-state index contributed by atoms with van der Waals surface area (Å²) in [6, 6.07) is 0. The molecule has 2 aromatic heterocycles. The second kappa shape index (κ2) is 6.43. The van der Waals surface area contributed by atoms with Crippen LogP contribution in [0.25, 0.3) is 11.2 Å². The lowest BCUT2D eigenvalue weighted by atomic mass is 10.0. The third-order valence-electron chi connectivity index (χ3n) is 4.79. The number of methoxy groups -OCH3 is 1. The molecule has 1 fully saturated rings. The summed E-state index contributed by atoms with van der Waals surface area (Å²) in [7, 11) is 4.79. The number of imidazole rings is 1. The van der Waals surface area contributed by atoms with Crippen LogP contribution in [-0.2, 0) is 25.4 Å². The lowest BCUT2D eigenvalue weighted by molar-refractivity contribution is 0.188. The van der Waals surface area contributed by atoms with Crippen molar-refractivity contribution in [2.75, 3.05) is 31.7 Å². The number of ether oxygens (including phenoxy) is 1. The molecule has 2 aromatic rings. The van der Waals surface area contributed by atoms with Gasteiger partial charge in [-0.1, -0.05) is 6.92 Å². The molecule has 1 aliphatic heterocycles. The summed E-state index contributed by atoms with van der Waals surface area (Å²) < 4.78 is 9.68. The van der Waals surface area contributed by atoms with Gasteiger partial charge < -0.3 is 14.2 Å². The van der Waals surface area contributed by atoms with E-state index in [1.54, 1.807) is 14.2 Å². The van der Waals surface area contributed by atoms with Gasteiger partial charge in [0.15, 0.2) is 11.2 Å². The predicted molar refractivity (Wildman–Crippen MR) is 92.7 cm³/mol. The maximum Gasteiger partial charge on any atom is 0.332 e. The Kier molecular flexibility index (Phi) is 4.49. The molecule has 0 N–H and O–H groups in total. The monoisotopic (exact) mass is 335 g/mol. The van der Waals surface area contributed by atoms with Gasteiger partial charge in [0, 0.05) is 40.8 Å². The van der Waals surface area contributed by atoms with Crippen LogP contribution in [0.2, 0.25) is 0 Å². The Morgan fingerprint density at radius 1 is 1.25 bits per heavy atom. The van der Waals surface area contributed by atoms with Gasteiger partial charge in [0.05, 0.1) is 6.61 Å². The number of anilines is 1. The highest BCUT2D eigenvalue weighted by atomic mass is 16.5. The molecule has 1 saturated heterocycles. The summed E-state index contributed by atoms with van der Waals surface area (Å²) in [5.74, 6) is 1.34. The summed E-state index contributed by atoms with van der Waals surface area (Å²) in [4.78, 5) is 31.8. The Labute approximate surface area is 140 Å². The van der Waals surface area contributed by atoms with Crippen molar-refractivity contribution in [2.24, 2.45) is 20.0 Å². The van der Waals surface area contributed by atoms with E-state index >= 15 is 0 Å². The summed E-state index contributed by atoms with van der Waals surface area (Å²) >= 11 is 0. The van der Waals surface area contributed by atoms with Crippen LogP contribution in [0, 0.1) is 5.92 Å². The molecular formula is C16H25N5O3. The van der Waals surface area contributed by atoms with Crippen LogP contribution in [-0.4, -0.2) is 45.5 Å². The topological polar surface area (TPSA) is 74.3 Å². The van der Waals surface area contributed by atoms with Crippen LogP contribution in [0.3, 0.4) is 0 Å². The van der Waals surface area contributed by atoms with Crippen molar-refractivity contribution in [3.8, 4) is 0 Å². The number of hydrogen-bond donors (Lipinski definition) is 0. The van der Waals surface area contributed by atoms with E-state index in [0.29, 0.717) is 30.2 Å². The molecule has 1 atom stereocenters. The van der Waals surface area contributed by atoms with E-state index in [1.165, 1.54) is 18.0 Å². The van der Waals surface area contributed by atoms with E-state index in [9.17, 15) is 9.59 Å². The average Bonchev–Trinajstić information content (AvgIpc) is 2.95. The second-order valence-electron chi connectivity index (χ2n) is 6.63. The SMILES string of the molecule is COCCn1c(N2CCCC(C)C2)nc2c1c(=O)n(C)c(=O)n2C. The fourth-order valence-electron chi connectivity index (χ4n) is 3.44. The highest BCUT2D eigenvalue weighted by Crippen LogP contribution is 2.25. The zero-order chi connectivity index (χ0) is 17.4. The van der Waals surface area contributed by atoms with Crippen molar-refractivity contribution in [3.63, 3.8) is 0 Å². The van der Waals surface area contributed by atoms with Gasteiger partial charge in [-0.3, -0.25) is 13.9 Å². The standard InChI is InChI=1S/C16H25N5O3/c1-11-6-5-7-20(10-11)15-17-13-12(21(15)8-9-24-4)14(22)19(3)16(23)18(13)2/h11H,5-10H2,1-4H3. The van der Waals surface area contributed by atoms with Crippen molar-refractivity contribution in [1.29, 1.82) is 0 Å². The first-order valence-electron chi connectivity index (χ1n) is 8.35. The zero-order valence-corrected chi connectivity index (χ0v) is 14.8. The third kappa shape index (κ3) is 2.64. The first-order chi connectivity index (χ1) is 11.5. The largest absolute Gasteiger partial charge is 0.383 e. The van der Waals surface area contributed by atoms with Crippen LogP contribution < -0.4 is 16.1 Å².